The van der Waals surface area contributed by atoms with Crippen LogP contribution in [0.4, 0.5) is 4.39 Å². The van der Waals surface area contributed by atoms with Crippen molar-refractivity contribution >= 4 is 34.0 Å². The largest absolute Gasteiger partial charge is 0.496 e. The number of fused-ring (bicyclic) bond motifs is 1. The van der Waals surface area contributed by atoms with Crippen molar-refractivity contribution in [1.82, 2.24) is 0 Å². The molecule has 0 amide bonds. The summed E-state index contributed by atoms with van der Waals surface area (Å²) in [4.78, 5) is 0. The van der Waals surface area contributed by atoms with Crippen molar-refractivity contribution in [3.8, 4) is 0 Å². The van der Waals surface area contributed by atoms with E-state index in [0.29, 0.717) is 0 Å². The Morgan fingerprint density at radius 2 is 1.74 bits per heavy atom. The topological polar surface area (TPSA) is 18.5 Å². The third kappa shape index (κ3) is 2.00. The fraction of sp³-hybridized carbons (Fsp3) is 0.429. The lowest BCUT2D eigenvalue weighted by Gasteiger charge is -2.32. The van der Waals surface area contributed by atoms with E-state index in [1.165, 1.54) is 6.07 Å². The van der Waals surface area contributed by atoms with Gasteiger partial charge in [0, 0.05) is 10.2 Å². The van der Waals surface area contributed by atoms with Crippen LogP contribution in [-0.4, -0.2) is 18.3 Å². The van der Waals surface area contributed by atoms with Gasteiger partial charge in [-0.05, 0) is 56.7 Å². The monoisotopic (exact) mass is 278 g/mol. The highest BCUT2D eigenvalue weighted by molar-refractivity contribution is 7.18. The Hall–Kier alpha value is -0.905. The van der Waals surface area contributed by atoms with Crippen molar-refractivity contribution < 1.29 is 13.7 Å². The number of halogens is 1. The number of rotatable bonds is 1. The summed E-state index contributed by atoms with van der Waals surface area (Å²) in [6, 6.07) is 4.82. The summed E-state index contributed by atoms with van der Waals surface area (Å²) in [6.45, 7) is 8.06. The second kappa shape index (κ2) is 4.04. The molecule has 5 heteroatoms. The molecule has 1 aromatic carbocycles. The normalized spacial score (nSPS) is 21.2. The number of benzene rings is 1. The molecule has 0 saturated carbocycles. The van der Waals surface area contributed by atoms with E-state index in [2.05, 4.69) is 0 Å². The molecule has 2 aromatic rings. The number of hydrogen-bond donors (Lipinski definition) is 0. The maximum atomic E-state index is 13.4. The van der Waals surface area contributed by atoms with Gasteiger partial charge in [0.2, 0.25) is 0 Å². The van der Waals surface area contributed by atoms with Crippen LogP contribution in [0.15, 0.2) is 23.6 Å². The van der Waals surface area contributed by atoms with E-state index in [1.54, 1.807) is 23.5 Å². The molecule has 0 unspecified atom stereocenters. The van der Waals surface area contributed by atoms with E-state index in [1.807, 2.05) is 33.1 Å². The van der Waals surface area contributed by atoms with Gasteiger partial charge >= 0.3 is 7.12 Å². The quantitative estimate of drug-likeness (QED) is 0.745. The molecule has 0 N–H and O–H groups in total. The predicted molar refractivity (Wildman–Crippen MR) is 77.5 cm³/mol. The molecule has 0 aliphatic carbocycles. The van der Waals surface area contributed by atoms with E-state index in [9.17, 15) is 4.39 Å². The van der Waals surface area contributed by atoms with Crippen LogP contribution in [0, 0.1) is 5.82 Å². The number of thiophene rings is 1. The average Bonchev–Trinajstić information content (AvgIpc) is 2.77. The Balaban J connectivity index is 2.05. The summed E-state index contributed by atoms with van der Waals surface area (Å²) in [6.07, 6.45) is 0. The van der Waals surface area contributed by atoms with Gasteiger partial charge in [-0.2, -0.15) is 0 Å². The SMILES string of the molecule is CC1(C)OB(c2csc3ccc(F)cc23)OC1(C)C. The zero-order chi connectivity index (χ0) is 13.8. The van der Waals surface area contributed by atoms with Crippen LogP contribution >= 0.6 is 11.3 Å². The molecule has 1 fully saturated rings. The third-order valence-electron chi connectivity index (χ3n) is 4.07. The van der Waals surface area contributed by atoms with Crippen LogP contribution in [0.3, 0.4) is 0 Å². The molecule has 0 radical (unpaired) electrons. The van der Waals surface area contributed by atoms with E-state index >= 15 is 0 Å². The Morgan fingerprint density at radius 3 is 2.37 bits per heavy atom. The van der Waals surface area contributed by atoms with Gasteiger partial charge in [-0.25, -0.2) is 4.39 Å². The van der Waals surface area contributed by atoms with Crippen LogP contribution in [-0.2, 0) is 9.31 Å². The number of hydrogen-bond acceptors (Lipinski definition) is 3. The molecule has 1 aliphatic heterocycles. The maximum absolute atomic E-state index is 13.4. The first kappa shape index (κ1) is 13.1. The lowest BCUT2D eigenvalue weighted by atomic mass is 9.79. The van der Waals surface area contributed by atoms with Gasteiger partial charge in [0.25, 0.3) is 0 Å². The molecule has 1 aromatic heterocycles. The molecule has 19 heavy (non-hydrogen) atoms. The van der Waals surface area contributed by atoms with Crippen molar-refractivity contribution in [2.45, 2.75) is 38.9 Å². The molecule has 3 rings (SSSR count). The molecule has 0 atom stereocenters. The van der Waals surface area contributed by atoms with Crippen LogP contribution in [0.2, 0.25) is 0 Å². The standard InChI is InChI=1S/C14H16BFO2S/c1-13(2)14(3,4)18-15(17-13)11-8-19-12-6-5-9(16)7-10(11)12/h5-8H,1-4H3. The minimum absolute atomic E-state index is 0.233. The summed E-state index contributed by atoms with van der Waals surface area (Å²) in [5, 5.41) is 2.87. The third-order valence-corrected chi connectivity index (χ3v) is 5.05. The summed E-state index contributed by atoms with van der Waals surface area (Å²) >= 11 is 1.58. The van der Waals surface area contributed by atoms with Crippen LogP contribution in [0.1, 0.15) is 27.7 Å². The van der Waals surface area contributed by atoms with Crippen LogP contribution < -0.4 is 5.46 Å². The first-order chi connectivity index (χ1) is 8.80. The molecule has 2 heterocycles. The Labute approximate surface area is 116 Å². The second-order valence-corrected chi connectivity index (χ2v) is 6.83. The summed E-state index contributed by atoms with van der Waals surface area (Å²) in [7, 11) is -0.430. The molecule has 1 aliphatic rings. The summed E-state index contributed by atoms with van der Waals surface area (Å²) in [5.41, 5.74) is 0.163. The van der Waals surface area contributed by atoms with Gasteiger partial charge in [0.15, 0.2) is 0 Å². The zero-order valence-electron chi connectivity index (χ0n) is 11.5. The summed E-state index contributed by atoms with van der Waals surface area (Å²) < 4.78 is 26.5. The van der Waals surface area contributed by atoms with Gasteiger partial charge in [-0.3, -0.25) is 0 Å². The van der Waals surface area contributed by atoms with E-state index in [4.69, 9.17) is 9.31 Å². The van der Waals surface area contributed by atoms with Crippen LogP contribution in [0.25, 0.3) is 10.1 Å². The van der Waals surface area contributed by atoms with Gasteiger partial charge in [0.1, 0.15) is 5.82 Å². The minimum atomic E-state index is -0.430. The first-order valence-corrected chi connectivity index (χ1v) is 7.20. The Bertz CT molecular complexity index is 619. The van der Waals surface area contributed by atoms with Crippen molar-refractivity contribution in [2.75, 3.05) is 0 Å². The highest BCUT2D eigenvalue weighted by atomic mass is 32.1. The molecule has 0 bridgehead atoms. The average molecular weight is 278 g/mol. The lowest BCUT2D eigenvalue weighted by Crippen LogP contribution is -2.41. The highest BCUT2D eigenvalue weighted by Gasteiger charge is 2.52. The van der Waals surface area contributed by atoms with Crippen molar-refractivity contribution in [1.29, 1.82) is 0 Å². The van der Waals surface area contributed by atoms with Crippen molar-refractivity contribution in [2.24, 2.45) is 0 Å². The fourth-order valence-electron chi connectivity index (χ4n) is 2.17. The van der Waals surface area contributed by atoms with Crippen LogP contribution in [0.5, 0.6) is 0 Å². The van der Waals surface area contributed by atoms with Crippen molar-refractivity contribution in [3.05, 3.63) is 29.4 Å². The predicted octanol–water partition coefficient (Wildman–Crippen LogP) is 3.34. The van der Waals surface area contributed by atoms with E-state index < -0.39 is 7.12 Å². The molecule has 0 spiro atoms. The van der Waals surface area contributed by atoms with Crippen molar-refractivity contribution in [3.63, 3.8) is 0 Å². The van der Waals surface area contributed by atoms with Gasteiger partial charge in [0.05, 0.1) is 11.2 Å². The smallest absolute Gasteiger partial charge is 0.399 e. The second-order valence-electron chi connectivity index (χ2n) is 5.92. The fourth-order valence-corrected chi connectivity index (χ4v) is 3.12. The minimum Gasteiger partial charge on any atom is -0.399 e. The first-order valence-electron chi connectivity index (χ1n) is 6.32. The van der Waals surface area contributed by atoms with Gasteiger partial charge in [-0.15, -0.1) is 11.3 Å². The van der Waals surface area contributed by atoms with E-state index in [-0.39, 0.29) is 17.0 Å². The van der Waals surface area contributed by atoms with Gasteiger partial charge in [-0.1, -0.05) is 0 Å². The lowest BCUT2D eigenvalue weighted by molar-refractivity contribution is 0.00578. The maximum Gasteiger partial charge on any atom is 0.496 e. The van der Waals surface area contributed by atoms with Gasteiger partial charge < -0.3 is 9.31 Å². The highest BCUT2D eigenvalue weighted by Crippen LogP contribution is 2.37. The molecule has 1 saturated heterocycles. The van der Waals surface area contributed by atoms with E-state index in [0.717, 1.165) is 15.5 Å². The Kier molecular flexibility index (Phi) is 2.79. The zero-order valence-corrected chi connectivity index (χ0v) is 12.3. The molecular weight excluding hydrogens is 262 g/mol. The molecule has 2 nitrogen and oxygen atoms in total. The molecule has 100 valence electrons. The Morgan fingerprint density at radius 1 is 1.11 bits per heavy atom. The molecular formula is C14H16BFO2S. The summed E-state index contributed by atoms with van der Waals surface area (Å²) in [5.74, 6) is -0.233.